The second-order valence-corrected chi connectivity index (χ2v) is 11.3. The first kappa shape index (κ1) is 24.3. The number of benzene rings is 1. The van der Waals surface area contributed by atoms with Crippen molar-refractivity contribution in [1.82, 2.24) is 15.8 Å². The van der Waals surface area contributed by atoms with Crippen LogP contribution in [0, 0.1) is 15.9 Å². The number of rotatable bonds is 4. The average molecular weight is 589 g/mol. The Morgan fingerprint density at radius 3 is 2.49 bits per heavy atom. The maximum atomic E-state index is 13.1. The minimum atomic E-state index is -0.440. The van der Waals surface area contributed by atoms with Crippen molar-refractivity contribution in [3.8, 4) is 0 Å². The molecule has 35 heavy (non-hydrogen) atoms. The molecule has 2 aliphatic heterocycles. The molecule has 1 aliphatic carbocycles. The van der Waals surface area contributed by atoms with Crippen molar-refractivity contribution < 1.29 is 14.3 Å². The molecule has 2 N–H and O–H groups in total. The Kier molecular flexibility index (Phi) is 6.89. The summed E-state index contributed by atoms with van der Waals surface area (Å²) in [6.45, 7) is 7.97. The van der Waals surface area contributed by atoms with Gasteiger partial charge in [0.2, 0.25) is 0 Å². The number of piperidine rings is 1. The molecule has 2 saturated heterocycles. The highest BCUT2D eigenvalue weighted by molar-refractivity contribution is 14.1. The Labute approximate surface area is 219 Å². The number of pyridine rings is 1. The first-order valence-electron chi connectivity index (χ1n) is 12.3. The summed E-state index contributed by atoms with van der Waals surface area (Å²) < 4.78 is 6.70. The zero-order valence-corrected chi connectivity index (χ0v) is 22.4. The van der Waals surface area contributed by atoms with E-state index in [-0.39, 0.29) is 17.7 Å². The summed E-state index contributed by atoms with van der Waals surface area (Å²) in [5.41, 5.74) is 8.44. The Morgan fingerprint density at radius 1 is 1.03 bits per heavy atom. The monoisotopic (exact) mass is 589 g/mol. The van der Waals surface area contributed by atoms with Crippen LogP contribution in [0.1, 0.15) is 59.0 Å². The number of nitrogens with zero attached hydrogens (tertiary/aromatic N) is 3. The van der Waals surface area contributed by atoms with E-state index in [1.165, 1.54) is 25.7 Å². The molecule has 0 unspecified atom stereocenters. The van der Waals surface area contributed by atoms with Gasteiger partial charge in [0.15, 0.2) is 0 Å². The lowest BCUT2D eigenvalue weighted by Crippen LogP contribution is -2.44. The number of hydrogen-bond donors (Lipinski definition) is 2. The number of carbonyl (C=O) groups is 2. The van der Waals surface area contributed by atoms with Crippen molar-refractivity contribution in [1.29, 1.82) is 0 Å². The van der Waals surface area contributed by atoms with Crippen LogP contribution in [0.5, 0.6) is 0 Å². The second-order valence-electron chi connectivity index (χ2n) is 10.1. The molecule has 1 aromatic heterocycles. The lowest BCUT2D eigenvalue weighted by Gasteiger charge is -2.35. The van der Waals surface area contributed by atoms with Gasteiger partial charge in [0, 0.05) is 29.7 Å². The highest BCUT2D eigenvalue weighted by atomic mass is 127. The van der Waals surface area contributed by atoms with Crippen molar-refractivity contribution in [2.45, 2.75) is 45.6 Å². The zero-order valence-electron chi connectivity index (χ0n) is 20.3. The molecule has 3 heterocycles. The molecular formula is C26H32IN5O3. The third-order valence-electron chi connectivity index (χ3n) is 7.37. The smallest absolute Gasteiger partial charge is 0.288 e. The predicted molar refractivity (Wildman–Crippen MR) is 144 cm³/mol. The number of ether oxygens (including phenoxy) is 1. The van der Waals surface area contributed by atoms with Gasteiger partial charge in [-0.2, -0.15) is 0 Å². The van der Waals surface area contributed by atoms with Crippen LogP contribution in [0.2, 0.25) is 0 Å². The Bertz CT molecular complexity index is 1130. The number of halogens is 1. The number of hydrogen-bond acceptors (Lipinski definition) is 6. The second kappa shape index (κ2) is 9.93. The maximum Gasteiger partial charge on any atom is 0.288 e. The molecule has 186 valence electrons. The van der Waals surface area contributed by atoms with E-state index in [1.54, 1.807) is 6.07 Å². The number of morpholine rings is 1. The van der Waals surface area contributed by atoms with Gasteiger partial charge in [-0.15, -0.1) is 0 Å². The van der Waals surface area contributed by atoms with Gasteiger partial charge in [-0.05, 0) is 103 Å². The Balaban J connectivity index is 1.26. The van der Waals surface area contributed by atoms with Crippen molar-refractivity contribution in [3.05, 3.63) is 50.7 Å². The van der Waals surface area contributed by atoms with E-state index in [0.29, 0.717) is 17.6 Å². The SMILES string of the molecule is Cc1cc(C(=O)NNC(=O)c2ccc(I)cc2N2CCC3(CC2)CC3)nc(N2CCO[C@H](C)C2)c1. The van der Waals surface area contributed by atoms with Crippen LogP contribution in [-0.2, 0) is 4.74 Å². The molecule has 0 bridgehead atoms. The fraction of sp³-hybridized carbons (Fsp3) is 0.500. The average Bonchev–Trinajstić information content (AvgIpc) is 3.61. The van der Waals surface area contributed by atoms with Crippen LogP contribution in [-0.4, -0.2) is 55.7 Å². The van der Waals surface area contributed by atoms with E-state index in [2.05, 4.69) is 54.3 Å². The number of aryl methyl sites for hydroxylation is 1. The summed E-state index contributed by atoms with van der Waals surface area (Å²) in [5.74, 6) is -0.0215. The molecule has 2 amide bonds. The first-order valence-corrected chi connectivity index (χ1v) is 13.4. The molecule has 1 saturated carbocycles. The summed E-state index contributed by atoms with van der Waals surface area (Å²) in [7, 11) is 0. The highest BCUT2D eigenvalue weighted by Crippen LogP contribution is 2.54. The lowest BCUT2D eigenvalue weighted by atomic mass is 9.93. The minimum Gasteiger partial charge on any atom is -0.375 e. The zero-order chi connectivity index (χ0) is 24.6. The lowest BCUT2D eigenvalue weighted by molar-refractivity contribution is 0.0529. The summed E-state index contributed by atoms with van der Waals surface area (Å²) in [5, 5.41) is 0. The largest absolute Gasteiger partial charge is 0.375 e. The summed E-state index contributed by atoms with van der Waals surface area (Å²) in [4.78, 5) is 35.0. The molecule has 8 nitrogen and oxygen atoms in total. The van der Waals surface area contributed by atoms with E-state index in [1.807, 2.05) is 32.0 Å². The van der Waals surface area contributed by atoms with Crippen LogP contribution >= 0.6 is 22.6 Å². The quantitative estimate of drug-likeness (QED) is 0.418. The molecule has 9 heteroatoms. The number of amides is 2. The van der Waals surface area contributed by atoms with E-state index in [0.717, 1.165) is 46.8 Å². The van der Waals surface area contributed by atoms with Gasteiger partial charge in [-0.3, -0.25) is 20.4 Å². The third kappa shape index (κ3) is 5.55. The molecule has 2 aromatic rings. The standard InChI is InChI=1S/C26H32IN5O3/c1-17-13-21(28-23(14-17)32-11-12-35-18(2)16-32)25(34)30-29-24(33)20-4-3-19(27)15-22(20)31-9-7-26(5-6-26)8-10-31/h3-4,13-15,18H,5-12,16H2,1-2H3,(H,29,33)(H,30,34)/t18-/m1/s1. The van der Waals surface area contributed by atoms with E-state index in [9.17, 15) is 9.59 Å². The Hall–Kier alpha value is -2.40. The van der Waals surface area contributed by atoms with E-state index in [4.69, 9.17) is 4.74 Å². The van der Waals surface area contributed by atoms with Crippen LogP contribution < -0.4 is 20.7 Å². The van der Waals surface area contributed by atoms with Gasteiger partial charge in [0.1, 0.15) is 11.5 Å². The van der Waals surface area contributed by atoms with Gasteiger partial charge >= 0.3 is 0 Å². The molecule has 3 fully saturated rings. The van der Waals surface area contributed by atoms with Crippen molar-refractivity contribution in [2.24, 2.45) is 5.41 Å². The molecule has 0 radical (unpaired) electrons. The fourth-order valence-electron chi connectivity index (χ4n) is 5.06. The van der Waals surface area contributed by atoms with Crippen molar-refractivity contribution in [2.75, 3.05) is 42.6 Å². The van der Waals surface area contributed by atoms with Crippen LogP contribution in [0.15, 0.2) is 30.3 Å². The number of nitrogens with one attached hydrogen (secondary N) is 2. The van der Waals surface area contributed by atoms with Crippen molar-refractivity contribution >= 4 is 45.9 Å². The van der Waals surface area contributed by atoms with Gasteiger partial charge < -0.3 is 14.5 Å². The summed E-state index contributed by atoms with van der Waals surface area (Å²) in [6, 6.07) is 9.51. The van der Waals surface area contributed by atoms with Crippen LogP contribution in [0.25, 0.3) is 0 Å². The number of hydrazine groups is 1. The summed E-state index contributed by atoms with van der Waals surface area (Å²) in [6.07, 6.45) is 5.15. The molecule has 1 aromatic carbocycles. The topological polar surface area (TPSA) is 86.8 Å². The summed E-state index contributed by atoms with van der Waals surface area (Å²) >= 11 is 2.28. The minimum absolute atomic E-state index is 0.112. The molecular weight excluding hydrogens is 557 g/mol. The van der Waals surface area contributed by atoms with Crippen LogP contribution in [0.4, 0.5) is 11.5 Å². The van der Waals surface area contributed by atoms with Crippen molar-refractivity contribution in [3.63, 3.8) is 0 Å². The first-order chi connectivity index (χ1) is 16.8. The third-order valence-corrected chi connectivity index (χ3v) is 8.04. The van der Waals surface area contributed by atoms with Gasteiger partial charge in [-0.25, -0.2) is 4.98 Å². The Morgan fingerprint density at radius 2 is 1.77 bits per heavy atom. The van der Waals surface area contributed by atoms with Crippen LogP contribution in [0.3, 0.4) is 0 Å². The number of aromatic nitrogens is 1. The van der Waals surface area contributed by atoms with E-state index >= 15 is 0 Å². The van der Waals surface area contributed by atoms with Gasteiger partial charge in [0.25, 0.3) is 11.8 Å². The molecule has 1 spiro atoms. The number of anilines is 2. The number of carbonyl (C=O) groups excluding carboxylic acids is 2. The normalized spacial score (nSPS) is 21.1. The van der Waals surface area contributed by atoms with Gasteiger partial charge in [-0.1, -0.05) is 0 Å². The predicted octanol–water partition coefficient (Wildman–Crippen LogP) is 3.67. The van der Waals surface area contributed by atoms with E-state index < -0.39 is 5.91 Å². The van der Waals surface area contributed by atoms with Gasteiger partial charge in [0.05, 0.1) is 24.0 Å². The maximum absolute atomic E-state index is 13.1. The fourth-order valence-corrected chi connectivity index (χ4v) is 5.53. The molecule has 1 atom stereocenters. The molecule has 3 aliphatic rings. The highest BCUT2D eigenvalue weighted by Gasteiger charge is 2.44. The molecule has 5 rings (SSSR count).